The number of hydrogen-bond donors (Lipinski definition) is 2. The smallest absolute Gasteiger partial charge is 0.312 e. The number of fused-ring (bicyclic) bond motifs is 2. The van der Waals surface area contributed by atoms with Gasteiger partial charge >= 0.3 is 6.03 Å². The van der Waals surface area contributed by atoms with Crippen molar-refractivity contribution < 1.29 is 18.8 Å². The van der Waals surface area contributed by atoms with E-state index in [1.165, 1.54) is 17.0 Å². The van der Waals surface area contributed by atoms with Crippen molar-refractivity contribution in [1.82, 2.24) is 10.6 Å². The largest absolute Gasteiger partial charge is 0.323 e. The van der Waals surface area contributed by atoms with E-state index in [0.717, 1.165) is 11.6 Å². The molecule has 2 N–H and O–H groups in total. The van der Waals surface area contributed by atoms with E-state index in [4.69, 9.17) is 0 Å². The maximum absolute atomic E-state index is 13.7. The van der Waals surface area contributed by atoms with E-state index in [-0.39, 0.29) is 5.56 Å². The van der Waals surface area contributed by atoms with Crippen LogP contribution in [-0.4, -0.2) is 24.4 Å². The fourth-order valence-corrected chi connectivity index (χ4v) is 2.97. The zero-order chi connectivity index (χ0) is 16.8. The van der Waals surface area contributed by atoms with Crippen molar-refractivity contribution in [2.45, 2.75) is 25.8 Å². The first-order valence-electron chi connectivity index (χ1n) is 7.25. The van der Waals surface area contributed by atoms with Crippen molar-refractivity contribution in [2.24, 2.45) is 0 Å². The molecule has 120 valence electrons. The molecule has 2 aliphatic heterocycles. The quantitative estimate of drug-likeness (QED) is 0.504. The van der Waals surface area contributed by atoms with Crippen LogP contribution in [0.2, 0.25) is 0 Å². The van der Waals surface area contributed by atoms with Crippen molar-refractivity contribution in [3.63, 3.8) is 0 Å². The van der Waals surface area contributed by atoms with Gasteiger partial charge in [0.2, 0.25) is 5.54 Å². The van der Waals surface area contributed by atoms with Crippen molar-refractivity contribution in [2.75, 3.05) is 11.4 Å². The molecule has 1 saturated heterocycles. The molecule has 23 heavy (non-hydrogen) atoms. The Labute approximate surface area is 132 Å². The predicted molar refractivity (Wildman–Crippen MR) is 81.2 cm³/mol. The molecule has 0 saturated carbocycles. The maximum Gasteiger partial charge on any atom is 0.323 e. The van der Waals surface area contributed by atoms with Crippen LogP contribution >= 0.6 is 0 Å². The lowest BCUT2D eigenvalue weighted by Gasteiger charge is -2.20. The molecule has 6 nitrogen and oxygen atoms in total. The predicted octanol–water partition coefficient (Wildman–Crippen LogP) is 1.56. The lowest BCUT2D eigenvalue weighted by molar-refractivity contribution is -0.133. The molecule has 2 aliphatic rings. The summed E-state index contributed by atoms with van der Waals surface area (Å²) < 4.78 is 13.7. The van der Waals surface area contributed by atoms with Gasteiger partial charge in [0.25, 0.3) is 11.8 Å². The molecule has 0 bridgehead atoms. The van der Waals surface area contributed by atoms with Gasteiger partial charge < -0.3 is 10.2 Å². The first kappa shape index (κ1) is 15.2. The number of anilines is 1. The topological polar surface area (TPSA) is 78.5 Å². The molecular formula is C16H16FN3O3. The first-order valence-corrected chi connectivity index (χ1v) is 7.25. The standard InChI is InChI=1S/C16H16FN3O3/c1-9(2)4-3-7-20-12-6-5-10(17)8-11(12)16(14(20)22)13(21)18-15(23)19-16/h4-6,8H,3,7H2,1-2H3,(H2,18,19,21,23). The van der Waals surface area contributed by atoms with Gasteiger partial charge in [-0.2, -0.15) is 0 Å². The van der Waals surface area contributed by atoms with Gasteiger partial charge in [-0.05, 0) is 38.5 Å². The number of benzene rings is 1. The number of allylic oxidation sites excluding steroid dienone is 1. The van der Waals surface area contributed by atoms with E-state index >= 15 is 0 Å². The number of carbonyl (C=O) groups excluding carboxylic acids is 3. The molecule has 0 radical (unpaired) electrons. The molecule has 7 heteroatoms. The van der Waals surface area contributed by atoms with Crippen LogP contribution in [-0.2, 0) is 15.1 Å². The van der Waals surface area contributed by atoms with E-state index in [0.29, 0.717) is 18.7 Å². The number of amides is 4. The van der Waals surface area contributed by atoms with Crippen LogP contribution in [0.25, 0.3) is 0 Å². The Kier molecular flexibility index (Phi) is 3.43. The van der Waals surface area contributed by atoms with Gasteiger partial charge in [0, 0.05) is 12.1 Å². The highest BCUT2D eigenvalue weighted by Gasteiger charge is 2.61. The average Bonchev–Trinajstić information content (AvgIpc) is 2.89. The molecule has 4 amide bonds. The van der Waals surface area contributed by atoms with Gasteiger partial charge in [0.1, 0.15) is 5.82 Å². The zero-order valence-corrected chi connectivity index (χ0v) is 12.8. The summed E-state index contributed by atoms with van der Waals surface area (Å²) in [4.78, 5) is 38.0. The van der Waals surface area contributed by atoms with E-state index < -0.39 is 29.2 Å². The van der Waals surface area contributed by atoms with Crippen molar-refractivity contribution in [1.29, 1.82) is 0 Å². The van der Waals surface area contributed by atoms with Crippen molar-refractivity contribution >= 4 is 23.5 Å². The summed E-state index contributed by atoms with van der Waals surface area (Å²) in [5.74, 6) is -1.91. The van der Waals surface area contributed by atoms with Crippen LogP contribution in [0.3, 0.4) is 0 Å². The van der Waals surface area contributed by atoms with Gasteiger partial charge in [-0.15, -0.1) is 0 Å². The molecule has 1 aromatic carbocycles. The number of urea groups is 1. The summed E-state index contributed by atoms with van der Waals surface area (Å²) in [6.07, 6.45) is 2.56. The van der Waals surface area contributed by atoms with Gasteiger partial charge in [-0.25, -0.2) is 9.18 Å². The summed E-state index contributed by atoms with van der Waals surface area (Å²) in [6, 6.07) is 3.05. The Morgan fingerprint density at radius 2 is 2.04 bits per heavy atom. The Balaban J connectivity index is 2.06. The van der Waals surface area contributed by atoms with Crippen LogP contribution in [0.1, 0.15) is 25.8 Å². The number of nitrogens with zero attached hydrogens (tertiary/aromatic N) is 1. The number of nitrogens with one attached hydrogen (secondary N) is 2. The van der Waals surface area contributed by atoms with E-state index in [1.54, 1.807) is 0 Å². The van der Waals surface area contributed by atoms with Crippen molar-refractivity contribution in [3.05, 3.63) is 41.2 Å². The third-order valence-corrected chi connectivity index (χ3v) is 3.99. The third kappa shape index (κ3) is 2.19. The second-order valence-corrected chi connectivity index (χ2v) is 5.85. The molecule has 1 fully saturated rings. The number of hydrogen-bond acceptors (Lipinski definition) is 3. The molecule has 2 heterocycles. The monoisotopic (exact) mass is 317 g/mol. The lowest BCUT2D eigenvalue weighted by Crippen LogP contribution is -2.52. The number of carbonyl (C=O) groups is 3. The van der Waals surface area contributed by atoms with Gasteiger partial charge in [-0.1, -0.05) is 11.6 Å². The molecule has 1 unspecified atom stereocenters. The molecule has 1 atom stereocenters. The molecule has 1 aromatic rings. The highest BCUT2D eigenvalue weighted by molar-refractivity contribution is 6.27. The number of imide groups is 1. The van der Waals surface area contributed by atoms with Crippen molar-refractivity contribution in [3.8, 4) is 0 Å². The van der Waals surface area contributed by atoms with E-state index in [2.05, 4.69) is 10.6 Å². The van der Waals surface area contributed by atoms with E-state index in [1.807, 2.05) is 19.9 Å². The van der Waals surface area contributed by atoms with Crippen LogP contribution in [0.15, 0.2) is 29.8 Å². The second-order valence-electron chi connectivity index (χ2n) is 5.85. The Bertz CT molecular complexity index is 755. The van der Waals surface area contributed by atoms with Gasteiger partial charge in [0.05, 0.1) is 5.69 Å². The minimum atomic E-state index is -1.86. The molecule has 3 rings (SSSR count). The zero-order valence-electron chi connectivity index (χ0n) is 12.8. The Morgan fingerprint density at radius 1 is 1.30 bits per heavy atom. The van der Waals surface area contributed by atoms with E-state index in [9.17, 15) is 18.8 Å². The number of halogens is 1. The summed E-state index contributed by atoms with van der Waals surface area (Å²) in [7, 11) is 0. The Morgan fingerprint density at radius 3 is 2.65 bits per heavy atom. The minimum Gasteiger partial charge on any atom is -0.312 e. The van der Waals surface area contributed by atoms with Gasteiger partial charge in [0.15, 0.2) is 0 Å². The fourth-order valence-electron chi connectivity index (χ4n) is 2.97. The summed E-state index contributed by atoms with van der Waals surface area (Å²) in [5.41, 5.74) is -0.143. The SMILES string of the molecule is CC(C)=CCCN1C(=O)C2(NC(=O)NC2=O)c2cc(F)ccc21. The molecule has 0 aliphatic carbocycles. The summed E-state index contributed by atoms with van der Waals surface area (Å²) in [6.45, 7) is 4.23. The molecule has 0 aromatic heterocycles. The summed E-state index contributed by atoms with van der Waals surface area (Å²) >= 11 is 0. The molecular weight excluding hydrogens is 301 g/mol. The fraction of sp³-hybridized carbons (Fsp3) is 0.312. The van der Waals surface area contributed by atoms with Crippen LogP contribution in [0.5, 0.6) is 0 Å². The van der Waals surface area contributed by atoms with Crippen LogP contribution in [0.4, 0.5) is 14.9 Å². The third-order valence-electron chi connectivity index (χ3n) is 3.99. The van der Waals surface area contributed by atoms with Gasteiger partial charge in [-0.3, -0.25) is 14.9 Å². The lowest BCUT2D eigenvalue weighted by atomic mass is 9.91. The first-order chi connectivity index (χ1) is 10.9. The highest BCUT2D eigenvalue weighted by atomic mass is 19.1. The average molecular weight is 317 g/mol. The minimum absolute atomic E-state index is 0.169. The maximum atomic E-state index is 13.7. The second kappa shape index (κ2) is 5.19. The van der Waals surface area contributed by atoms with Crippen LogP contribution < -0.4 is 15.5 Å². The Hall–Kier alpha value is -2.70. The van der Waals surface area contributed by atoms with Crippen LogP contribution in [0, 0.1) is 5.82 Å². The molecule has 1 spiro atoms. The number of rotatable bonds is 3. The highest BCUT2D eigenvalue weighted by Crippen LogP contribution is 2.42. The normalized spacial score (nSPS) is 22.2. The summed E-state index contributed by atoms with van der Waals surface area (Å²) in [5, 5.41) is 4.43.